The second-order valence-corrected chi connectivity index (χ2v) is 10.9. The van der Waals surface area contributed by atoms with E-state index in [1.165, 1.54) is 0 Å². The fraction of sp³-hybridized carbons (Fsp3) is 0.321. The van der Waals surface area contributed by atoms with Crippen molar-refractivity contribution in [3.63, 3.8) is 0 Å². The first-order valence-electron chi connectivity index (χ1n) is 11.6. The van der Waals surface area contributed by atoms with Crippen molar-refractivity contribution < 1.29 is 13.2 Å². The van der Waals surface area contributed by atoms with Gasteiger partial charge in [-0.1, -0.05) is 60.2 Å². The van der Waals surface area contributed by atoms with Crippen molar-refractivity contribution in [1.82, 2.24) is 4.31 Å². The molecule has 0 amide bonds. The summed E-state index contributed by atoms with van der Waals surface area (Å²) < 4.78 is 34.6. The molecule has 0 unspecified atom stereocenters. The number of aryl methyl sites for hydroxylation is 1. The zero-order chi connectivity index (χ0) is 24.2. The molecule has 5 nitrogen and oxygen atoms in total. The Kier molecular flexibility index (Phi) is 7.06. The van der Waals surface area contributed by atoms with Gasteiger partial charge in [0, 0.05) is 12.6 Å². The molecule has 176 valence electrons. The highest BCUT2D eigenvalue weighted by Crippen LogP contribution is 2.42. The molecule has 1 aliphatic carbocycles. The molecule has 0 aromatic heterocycles. The standard InChI is InChI=1S/C28H30N2O3S/c1-22-11-13-27(14-12-22)34(31,32)30(20-23-7-4-3-5-8-23)25-15-17-28(21-29,18-16-25)24-9-6-10-26(19-24)33-2/h3-14,19,25H,15-18,20H2,1-2H3. The smallest absolute Gasteiger partial charge is 0.243 e. The second-order valence-electron chi connectivity index (χ2n) is 9.01. The molecule has 4 rings (SSSR count). The molecular formula is C28H30N2O3S. The molecular weight excluding hydrogens is 444 g/mol. The minimum atomic E-state index is -3.70. The van der Waals surface area contributed by atoms with E-state index in [4.69, 9.17) is 4.74 Å². The van der Waals surface area contributed by atoms with Gasteiger partial charge in [-0.15, -0.1) is 0 Å². The first-order chi connectivity index (χ1) is 16.4. The summed E-state index contributed by atoms with van der Waals surface area (Å²) in [6, 6.07) is 26.8. The average Bonchev–Trinajstić information content (AvgIpc) is 2.88. The Morgan fingerprint density at radius 3 is 2.29 bits per heavy atom. The molecule has 34 heavy (non-hydrogen) atoms. The predicted molar refractivity (Wildman–Crippen MR) is 133 cm³/mol. The molecule has 0 heterocycles. The summed E-state index contributed by atoms with van der Waals surface area (Å²) in [7, 11) is -2.09. The number of sulfonamides is 1. The second kappa shape index (κ2) is 10.0. The summed E-state index contributed by atoms with van der Waals surface area (Å²) in [5, 5.41) is 10.2. The lowest BCUT2D eigenvalue weighted by Gasteiger charge is -2.40. The highest BCUT2D eigenvalue weighted by Gasteiger charge is 2.41. The number of hydrogen-bond acceptors (Lipinski definition) is 4. The van der Waals surface area contributed by atoms with Crippen LogP contribution in [0.1, 0.15) is 42.4 Å². The highest BCUT2D eigenvalue weighted by molar-refractivity contribution is 7.89. The van der Waals surface area contributed by atoms with Crippen molar-refractivity contribution in [2.45, 2.75) is 55.5 Å². The van der Waals surface area contributed by atoms with Crippen LogP contribution in [0.25, 0.3) is 0 Å². The Bertz CT molecular complexity index is 1260. The third-order valence-corrected chi connectivity index (χ3v) is 8.77. The van der Waals surface area contributed by atoms with Gasteiger partial charge in [0.15, 0.2) is 0 Å². The fourth-order valence-corrected chi connectivity index (χ4v) is 6.46. The zero-order valence-electron chi connectivity index (χ0n) is 19.6. The van der Waals surface area contributed by atoms with Crippen molar-refractivity contribution in [3.05, 3.63) is 95.6 Å². The minimum Gasteiger partial charge on any atom is -0.497 e. The van der Waals surface area contributed by atoms with Crippen LogP contribution in [0.5, 0.6) is 5.75 Å². The number of nitriles is 1. The van der Waals surface area contributed by atoms with Gasteiger partial charge in [-0.2, -0.15) is 9.57 Å². The van der Waals surface area contributed by atoms with Crippen molar-refractivity contribution in [2.24, 2.45) is 0 Å². The molecule has 1 fully saturated rings. The third-order valence-electron chi connectivity index (χ3n) is 6.86. The lowest BCUT2D eigenvalue weighted by molar-refractivity contribution is 0.211. The van der Waals surface area contributed by atoms with Crippen molar-refractivity contribution in [3.8, 4) is 11.8 Å². The van der Waals surface area contributed by atoms with Gasteiger partial charge in [0.05, 0.1) is 23.5 Å². The van der Waals surface area contributed by atoms with Crippen LogP contribution in [0.15, 0.2) is 83.8 Å². The van der Waals surface area contributed by atoms with Crippen LogP contribution >= 0.6 is 0 Å². The Hall–Kier alpha value is -3.14. The van der Waals surface area contributed by atoms with Gasteiger partial charge in [0.1, 0.15) is 5.75 Å². The summed E-state index contributed by atoms with van der Waals surface area (Å²) in [5.41, 5.74) is 2.26. The van der Waals surface area contributed by atoms with Crippen molar-refractivity contribution in [1.29, 1.82) is 5.26 Å². The zero-order valence-corrected chi connectivity index (χ0v) is 20.5. The van der Waals surface area contributed by atoms with Gasteiger partial charge in [-0.3, -0.25) is 0 Å². The van der Waals surface area contributed by atoms with E-state index in [1.807, 2.05) is 73.7 Å². The van der Waals surface area contributed by atoms with Gasteiger partial charge >= 0.3 is 0 Å². The van der Waals surface area contributed by atoms with E-state index >= 15 is 0 Å². The normalized spacial score (nSPS) is 20.6. The number of nitrogens with zero attached hydrogens (tertiary/aromatic N) is 2. The molecule has 0 atom stereocenters. The maximum atomic E-state index is 13.8. The average molecular weight is 475 g/mol. The van der Waals surface area contributed by atoms with Crippen molar-refractivity contribution >= 4 is 10.0 Å². The molecule has 0 bridgehead atoms. The minimum absolute atomic E-state index is 0.182. The number of hydrogen-bond donors (Lipinski definition) is 0. The van der Waals surface area contributed by atoms with E-state index in [1.54, 1.807) is 23.5 Å². The van der Waals surface area contributed by atoms with Gasteiger partial charge in [0.2, 0.25) is 10.0 Å². The molecule has 6 heteroatoms. The quantitative estimate of drug-likeness (QED) is 0.447. The predicted octanol–water partition coefficient (Wildman–Crippen LogP) is 5.60. The van der Waals surface area contributed by atoms with Crippen LogP contribution in [-0.2, 0) is 22.0 Å². The Balaban J connectivity index is 1.64. The first kappa shape index (κ1) is 24.0. The van der Waals surface area contributed by atoms with E-state index in [9.17, 15) is 13.7 Å². The maximum absolute atomic E-state index is 13.8. The van der Waals surface area contributed by atoms with Gasteiger partial charge in [0.25, 0.3) is 0 Å². The summed E-state index contributed by atoms with van der Waals surface area (Å²) in [4.78, 5) is 0.305. The van der Waals surface area contributed by atoms with Crippen LogP contribution in [-0.4, -0.2) is 25.9 Å². The topological polar surface area (TPSA) is 70.4 Å². The Morgan fingerprint density at radius 2 is 1.68 bits per heavy atom. The lowest BCUT2D eigenvalue weighted by Crippen LogP contribution is -2.44. The van der Waals surface area contributed by atoms with Crippen LogP contribution < -0.4 is 4.74 Å². The maximum Gasteiger partial charge on any atom is 0.243 e. The van der Waals surface area contributed by atoms with E-state index in [2.05, 4.69) is 6.07 Å². The van der Waals surface area contributed by atoms with Crippen LogP contribution in [0, 0.1) is 18.3 Å². The van der Waals surface area contributed by atoms with E-state index in [-0.39, 0.29) is 6.04 Å². The number of methoxy groups -OCH3 is 1. The third kappa shape index (κ3) is 4.86. The summed E-state index contributed by atoms with van der Waals surface area (Å²) in [5.74, 6) is 0.724. The van der Waals surface area contributed by atoms with Gasteiger partial charge in [-0.25, -0.2) is 8.42 Å². The number of rotatable bonds is 7. The fourth-order valence-electron chi connectivity index (χ4n) is 4.79. The molecule has 1 saturated carbocycles. The Morgan fingerprint density at radius 1 is 1.00 bits per heavy atom. The summed E-state index contributed by atoms with van der Waals surface area (Å²) in [6.45, 7) is 2.25. The van der Waals surface area contributed by atoms with Crippen LogP contribution in [0.4, 0.5) is 0 Å². The van der Waals surface area contributed by atoms with Gasteiger partial charge in [-0.05, 0) is 68.0 Å². The molecule has 0 N–H and O–H groups in total. The first-order valence-corrected chi connectivity index (χ1v) is 13.0. The highest BCUT2D eigenvalue weighted by atomic mass is 32.2. The van der Waals surface area contributed by atoms with Crippen molar-refractivity contribution in [2.75, 3.05) is 7.11 Å². The van der Waals surface area contributed by atoms with E-state index in [0.717, 1.165) is 22.4 Å². The van der Waals surface area contributed by atoms with E-state index < -0.39 is 15.4 Å². The van der Waals surface area contributed by atoms with Crippen LogP contribution in [0.3, 0.4) is 0 Å². The molecule has 0 aliphatic heterocycles. The number of ether oxygens (including phenoxy) is 1. The SMILES string of the molecule is COc1cccc(C2(C#N)CCC(N(Cc3ccccc3)S(=O)(=O)c3ccc(C)cc3)CC2)c1. The van der Waals surface area contributed by atoms with Crippen LogP contribution in [0.2, 0.25) is 0 Å². The number of benzene rings is 3. The molecule has 3 aromatic carbocycles. The summed E-state index contributed by atoms with van der Waals surface area (Å²) in [6.07, 6.45) is 2.41. The summed E-state index contributed by atoms with van der Waals surface area (Å²) >= 11 is 0. The largest absolute Gasteiger partial charge is 0.497 e. The molecule has 0 saturated heterocycles. The monoisotopic (exact) mass is 474 g/mol. The lowest BCUT2D eigenvalue weighted by atomic mass is 9.69. The molecule has 1 aliphatic rings. The van der Waals surface area contributed by atoms with E-state index in [0.29, 0.717) is 37.1 Å². The molecule has 3 aromatic rings. The Labute approximate surface area is 202 Å². The molecule has 0 spiro atoms. The molecule has 0 radical (unpaired) electrons. The van der Waals surface area contributed by atoms with Gasteiger partial charge < -0.3 is 4.74 Å².